The summed E-state index contributed by atoms with van der Waals surface area (Å²) in [6.07, 6.45) is 1.18. The van der Waals surface area contributed by atoms with Gasteiger partial charge in [0.25, 0.3) is 0 Å². The number of nitrogens with zero attached hydrogens (tertiary/aromatic N) is 1. The van der Waals surface area contributed by atoms with Crippen molar-refractivity contribution in [3.63, 3.8) is 0 Å². The van der Waals surface area contributed by atoms with E-state index in [0.717, 1.165) is 12.8 Å². The van der Waals surface area contributed by atoms with Crippen LogP contribution in [0.5, 0.6) is 0 Å². The van der Waals surface area contributed by atoms with E-state index in [0.29, 0.717) is 16.3 Å². The fourth-order valence-corrected chi connectivity index (χ4v) is 5.50. The molecule has 0 spiro atoms. The molecule has 1 aliphatic heterocycles. The highest BCUT2D eigenvalue weighted by molar-refractivity contribution is 9.10. The van der Waals surface area contributed by atoms with Crippen molar-refractivity contribution in [2.24, 2.45) is 23.5 Å². The monoisotopic (exact) mass is 495 g/mol. The summed E-state index contributed by atoms with van der Waals surface area (Å²) < 4.78 is 20.4. The van der Waals surface area contributed by atoms with Crippen molar-refractivity contribution in [3.8, 4) is 0 Å². The number of carbonyl (C=O) groups excluding carboxylic acids is 3. The van der Waals surface area contributed by atoms with Crippen molar-refractivity contribution in [1.82, 2.24) is 10.2 Å². The Morgan fingerprint density at radius 1 is 1.26 bits per heavy atom. The van der Waals surface area contributed by atoms with Crippen LogP contribution in [-0.4, -0.2) is 46.5 Å². The number of halogens is 2. The SMILES string of the molecule is CC(C)(C)OC(=O)N1C2CC(C3CC32)C1C(=O)N[C@@H](Cc1ccc(Br)cc1F)C(N)=O. The molecule has 0 aromatic heterocycles. The number of benzene rings is 1. The van der Waals surface area contributed by atoms with Gasteiger partial charge in [0.2, 0.25) is 11.8 Å². The van der Waals surface area contributed by atoms with Crippen LogP contribution in [0.25, 0.3) is 0 Å². The maximum absolute atomic E-state index is 14.3. The second-order valence-electron chi connectivity index (χ2n) is 9.77. The molecule has 2 saturated carbocycles. The van der Waals surface area contributed by atoms with E-state index in [2.05, 4.69) is 21.2 Å². The third-order valence-electron chi connectivity index (χ3n) is 6.48. The van der Waals surface area contributed by atoms with Gasteiger partial charge in [0.1, 0.15) is 23.5 Å². The summed E-state index contributed by atoms with van der Waals surface area (Å²) in [5.41, 5.74) is 5.10. The van der Waals surface area contributed by atoms with Gasteiger partial charge in [-0.3, -0.25) is 14.5 Å². The number of primary amides is 1. The Hall–Kier alpha value is -2.16. The normalized spacial score (nSPS) is 29.3. The number of piperidine rings is 1. The fourth-order valence-electron chi connectivity index (χ4n) is 5.17. The first-order valence-corrected chi connectivity index (χ1v) is 11.3. The van der Waals surface area contributed by atoms with Crippen molar-refractivity contribution >= 4 is 33.8 Å². The maximum atomic E-state index is 14.3. The lowest BCUT2D eigenvalue weighted by atomic mass is 9.95. The van der Waals surface area contributed by atoms with Crippen molar-refractivity contribution in [3.05, 3.63) is 34.1 Å². The van der Waals surface area contributed by atoms with Gasteiger partial charge in [0, 0.05) is 16.9 Å². The minimum atomic E-state index is -1.09. The fraction of sp³-hybridized carbons (Fsp3) is 0.591. The molecule has 4 rings (SSSR count). The number of carbonyl (C=O) groups is 3. The third kappa shape index (κ3) is 4.29. The molecule has 3 fully saturated rings. The first-order chi connectivity index (χ1) is 14.5. The summed E-state index contributed by atoms with van der Waals surface area (Å²) in [4.78, 5) is 39.7. The molecule has 168 valence electrons. The van der Waals surface area contributed by atoms with E-state index in [4.69, 9.17) is 10.5 Å². The molecule has 1 heterocycles. The van der Waals surface area contributed by atoms with Crippen molar-refractivity contribution in [1.29, 1.82) is 0 Å². The average Bonchev–Trinajstić information content (AvgIpc) is 3.25. The van der Waals surface area contributed by atoms with Crippen LogP contribution in [0.1, 0.15) is 39.2 Å². The summed E-state index contributed by atoms with van der Waals surface area (Å²) in [5, 5.41) is 2.68. The summed E-state index contributed by atoms with van der Waals surface area (Å²) in [7, 11) is 0. The van der Waals surface area contributed by atoms with Crippen LogP contribution in [-0.2, 0) is 20.7 Å². The van der Waals surface area contributed by atoms with E-state index < -0.39 is 41.4 Å². The Morgan fingerprint density at radius 3 is 2.58 bits per heavy atom. The van der Waals surface area contributed by atoms with Gasteiger partial charge in [0.15, 0.2) is 0 Å². The quantitative estimate of drug-likeness (QED) is 0.655. The van der Waals surface area contributed by atoms with E-state index >= 15 is 0 Å². The van der Waals surface area contributed by atoms with Crippen LogP contribution in [0.15, 0.2) is 22.7 Å². The van der Waals surface area contributed by atoms with Crippen molar-refractivity contribution in [2.75, 3.05) is 0 Å². The molecule has 3 N–H and O–H groups in total. The average molecular weight is 496 g/mol. The number of hydrogen-bond acceptors (Lipinski definition) is 4. The van der Waals surface area contributed by atoms with Crippen LogP contribution in [0, 0.1) is 23.6 Å². The Balaban J connectivity index is 1.52. The van der Waals surface area contributed by atoms with Crippen molar-refractivity contribution in [2.45, 2.75) is 63.8 Å². The largest absolute Gasteiger partial charge is 0.444 e. The first-order valence-electron chi connectivity index (χ1n) is 10.5. The number of nitrogens with two attached hydrogens (primary N) is 1. The molecule has 2 bridgehead atoms. The molecule has 1 saturated heterocycles. The van der Waals surface area contributed by atoms with E-state index in [1.165, 1.54) is 6.07 Å². The molecule has 9 heteroatoms. The molecule has 5 unspecified atom stereocenters. The Labute approximate surface area is 189 Å². The highest BCUT2D eigenvalue weighted by Gasteiger charge is 2.67. The Bertz CT molecular complexity index is 934. The minimum Gasteiger partial charge on any atom is -0.444 e. The van der Waals surface area contributed by atoms with E-state index in [1.54, 1.807) is 37.8 Å². The van der Waals surface area contributed by atoms with Crippen LogP contribution >= 0.6 is 15.9 Å². The summed E-state index contributed by atoms with van der Waals surface area (Å²) in [6.45, 7) is 5.35. The molecule has 1 aromatic carbocycles. The van der Waals surface area contributed by atoms with Gasteiger partial charge in [-0.1, -0.05) is 22.0 Å². The zero-order valence-electron chi connectivity index (χ0n) is 17.7. The zero-order valence-corrected chi connectivity index (χ0v) is 19.3. The van der Waals surface area contributed by atoms with E-state index in [-0.39, 0.29) is 23.9 Å². The minimum absolute atomic E-state index is 0.0171. The van der Waals surface area contributed by atoms with Gasteiger partial charge < -0.3 is 15.8 Å². The van der Waals surface area contributed by atoms with Crippen LogP contribution in [0.3, 0.4) is 0 Å². The molecule has 3 aliphatic rings. The van der Waals surface area contributed by atoms with Gasteiger partial charge in [-0.15, -0.1) is 0 Å². The van der Waals surface area contributed by atoms with E-state index in [1.807, 2.05) is 0 Å². The standard InChI is InChI=1S/C22H27BrFN3O4/c1-22(2,3)31-21(30)27-17-9-14(12-8-13(12)17)18(27)20(29)26-16(19(25)28)6-10-4-5-11(23)7-15(10)24/h4-5,7,12-14,16-18H,6,8-9H2,1-3H3,(H2,25,28)(H,26,29)/t12?,13?,14?,16-,17?,18?/m0/s1. The lowest BCUT2D eigenvalue weighted by molar-refractivity contribution is -0.132. The van der Waals surface area contributed by atoms with Crippen LogP contribution in [0.2, 0.25) is 0 Å². The molecule has 7 nitrogen and oxygen atoms in total. The molecule has 31 heavy (non-hydrogen) atoms. The Kier molecular flexibility index (Phi) is 5.52. The second kappa shape index (κ2) is 7.76. The Morgan fingerprint density at radius 2 is 1.97 bits per heavy atom. The third-order valence-corrected chi connectivity index (χ3v) is 6.98. The van der Waals surface area contributed by atoms with Gasteiger partial charge in [-0.2, -0.15) is 0 Å². The molecule has 2 aliphatic carbocycles. The van der Waals surface area contributed by atoms with Gasteiger partial charge >= 0.3 is 6.09 Å². The van der Waals surface area contributed by atoms with Crippen LogP contribution < -0.4 is 11.1 Å². The summed E-state index contributed by atoms with van der Waals surface area (Å²) in [6, 6.07) is 2.68. The van der Waals surface area contributed by atoms with Crippen LogP contribution in [0.4, 0.5) is 9.18 Å². The van der Waals surface area contributed by atoms with Gasteiger partial charge in [-0.05, 0) is 69.1 Å². The topological polar surface area (TPSA) is 102 Å². The van der Waals surface area contributed by atoms with Crippen molar-refractivity contribution < 1.29 is 23.5 Å². The lowest BCUT2D eigenvalue weighted by Gasteiger charge is -2.35. The number of fused-ring (bicyclic) bond motifs is 5. The molecule has 6 atom stereocenters. The zero-order chi connectivity index (χ0) is 22.7. The predicted molar refractivity (Wildman–Crippen MR) is 114 cm³/mol. The molecule has 0 radical (unpaired) electrons. The molecule has 3 amide bonds. The second-order valence-corrected chi connectivity index (χ2v) is 10.7. The number of nitrogens with one attached hydrogen (secondary N) is 1. The number of hydrogen-bond donors (Lipinski definition) is 2. The number of ether oxygens (including phenoxy) is 1. The smallest absolute Gasteiger partial charge is 0.411 e. The summed E-state index contributed by atoms with van der Waals surface area (Å²) in [5.74, 6) is -0.802. The summed E-state index contributed by atoms with van der Waals surface area (Å²) >= 11 is 3.19. The number of amides is 3. The lowest BCUT2D eigenvalue weighted by Crippen LogP contribution is -2.58. The maximum Gasteiger partial charge on any atom is 0.411 e. The van der Waals surface area contributed by atoms with E-state index in [9.17, 15) is 18.8 Å². The number of likely N-dealkylation sites (tertiary alicyclic amines) is 1. The molecule has 1 aromatic rings. The highest BCUT2D eigenvalue weighted by atomic mass is 79.9. The van der Waals surface area contributed by atoms with Gasteiger partial charge in [-0.25, -0.2) is 9.18 Å². The molecular formula is C22H27BrFN3O4. The number of rotatable bonds is 5. The molecular weight excluding hydrogens is 469 g/mol. The van der Waals surface area contributed by atoms with Gasteiger partial charge in [0.05, 0.1) is 0 Å². The first kappa shape index (κ1) is 22.0. The predicted octanol–water partition coefficient (Wildman–Crippen LogP) is 2.74. The highest BCUT2D eigenvalue weighted by Crippen LogP contribution is 2.63.